The van der Waals surface area contributed by atoms with Gasteiger partial charge in [0.15, 0.2) is 0 Å². The van der Waals surface area contributed by atoms with E-state index < -0.39 is 11.8 Å². The molecule has 0 radical (unpaired) electrons. The average Bonchev–Trinajstić information content (AvgIpc) is 2.27. The molecule has 0 amide bonds. The minimum Gasteiger partial charge on any atom is -0.492 e. The van der Waals surface area contributed by atoms with Gasteiger partial charge in [-0.05, 0) is 18.2 Å². The van der Waals surface area contributed by atoms with E-state index in [1.807, 2.05) is 0 Å². The van der Waals surface area contributed by atoms with E-state index in [0.717, 1.165) is 6.07 Å². The van der Waals surface area contributed by atoms with Crippen molar-refractivity contribution in [2.24, 2.45) is 5.73 Å². The molecule has 82 valence electrons. The molecule has 1 aromatic carbocycles. The van der Waals surface area contributed by atoms with Crippen LogP contribution in [-0.2, 0) is 4.74 Å². The summed E-state index contributed by atoms with van der Waals surface area (Å²) in [5.41, 5.74) is 5.09. The molecule has 0 aliphatic heterocycles. The number of esters is 1. The lowest BCUT2D eigenvalue weighted by Gasteiger charge is -2.06. The van der Waals surface area contributed by atoms with Gasteiger partial charge in [-0.2, -0.15) is 0 Å². The first-order valence-electron chi connectivity index (χ1n) is 4.39. The van der Waals surface area contributed by atoms with Crippen molar-refractivity contribution in [3.63, 3.8) is 0 Å². The third-order valence-corrected chi connectivity index (χ3v) is 1.73. The molecule has 0 bridgehead atoms. The summed E-state index contributed by atoms with van der Waals surface area (Å²) >= 11 is 0. The van der Waals surface area contributed by atoms with Crippen molar-refractivity contribution in [1.29, 1.82) is 0 Å². The largest absolute Gasteiger partial charge is 0.492 e. The normalized spacial score (nSPS) is 9.80. The van der Waals surface area contributed by atoms with E-state index in [9.17, 15) is 9.18 Å². The van der Waals surface area contributed by atoms with Crippen LogP contribution in [0.15, 0.2) is 18.2 Å². The zero-order chi connectivity index (χ0) is 11.3. The first kappa shape index (κ1) is 11.5. The highest BCUT2D eigenvalue weighted by molar-refractivity contribution is 5.90. The number of rotatable bonds is 4. The van der Waals surface area contributed by atoms with Crippen LogP contribution in [0.5, 0.6) is 5.75 Å². The number of methoxy groups -OCH3 is 1. The maximum Gasteiger partial charge on any atom is 0.340 e. The molecule has 1 rings (SSSR count). The van der Waals surface area contributed by atoms with E-state index in [4.69, 9.17) is 10.5 Å². The Bertz CT molecular complexity index is 355. The van der Waals surface area contributed by atoms with Crippen molar-refractivity contribution in [2.75, 3.05) is 20.3 Å². The van der Waals surface area contributed by atoms with Crippen LogP contribution in [0.3, 0.4) is 0 Å². The van der Waals surface area contributed by atoms with E-state index in [1.54, 1.807) is 0 Å². The third-order valence-electron chi connectivity index (χ3n) is 1.73. The van der Waals surface area contributed by atoms with Gasteiger partial charge in [-0.25, -0.2) is 9.18 Å². The summed E-state index contributed by atoms with van der Waals surface area (Å²) in [5.74, 6) is -0.977. The van der Waals surface area contributed by atoms with Crippen molar-refractivity contribution in [3.05, 3.63) is 29.6 Å². The minimum atomic E-state index is -0.731. The number of halogens is 1. The topological polar surface area (TPSA) is 61.5 Å². The van der Waals surface area contributed by atoms with Crippen LogP contribution in [0.2, 0.25) is 0 Å². The van der Waals surface area contributed by atoms with Crippen molar-refractivity contribution in [3.8, 4) is 5.75 Å². The van der Waals surface area contributed by atoms with Gasteiger partial charge >= 0.3 is 5.97 Å². The molecule has 0 aliphatic carbocycles. The molecule has 5 heteroatoms. The van der Waals surface area contributed by atoms with Gasteiger partial charge in [0, 0.05) is 6.54 Å². The van der Waals surface area contributed by atoms with E-state index in [-0.39, 0.29) is 5.56 Å². The maximum atomic E-state index is 13.1. The fourth-order valence-corrected chi connectivity index (χ4v) is 1.04. The van der Waals surface area contributed by atoms with E-state index in [0.29, 0.717) is 18.9 Å². The number of carbonyl (C=O) groups excluding carboxylic acids is 1. The van der Waals surface area contributed by atoms with Gasteiger partial charge in [0.2, 0.25) is 0 Å². The van der Waals surface area contributed by atoms with Crippen LogP contribution >= 0.6 is 0 Å². The zero-order valence-corrected chi connectivity index (χ0v) is 8.33. The summed E-state index contributed by atoms with van der Waals surface area (Å²) in [6, 6.07) is 3.87. The predicted molar refractivity (Wildman–Crippen MR) is 52.3 cm³/mol. The molecule has 15 heavy (non-hydrogen) atoms. The fraction of sp³-hybridized carbons (Fsp3) is 0.300. The monoisotopic (exact) mass is 213 g/mol. The first-order chi connectivity index (χ1) is 7.19. The molecule has 4 nitrogen and oxygen atoms in total. The lowest BCUT2D eigenvalue weighted by Crippen LogP contribution is -2.11. The molecule has 0 saturated heterocycles. The van der Waals surface area contributed by atoms with Crippen LogP contribution in [0.1, 0.15) is 10.4 Å². The van der Waals surface area contributed by atoms with Crippen LogP contribution in [0.4, 0.5) is 4.39 Å². The molecule has 1 aromatic rings. The summed E-state index contributed by atoms with van der Waals surface area (Å²) in [4.78, 5) is 11.1. The molecule has 0 aliphatic rings. The van der Waals surface area contributed by atoms with Crippen molar-refractivity contribution in [2.45, 2.75) is 0 Å². The van der Waals surface area contributed by atoms with Gasteiger partial charge in [-0.15, -0.1) is 0 Å². The first-order valence-corrected chi connectivity index (χ1v) is 4.39. The zero-order valence-electron chi connectivity index (χ0n) is 8.33. The SMILES string of the molecule is COC(=O)c1cc(OCCN)ccc1F. The Labute approximate surface area is 86.8 Å². The Hall–Kier alpha value is -1.62. The molecular weight excluding hydrogens is 201 g/mol. The number of carbonyl (C=O) groups is 1. The van der Waals surface area contributed by atoms with Gasteiger partial charge in [0.1, 0.15) is 18.2 Å². The van der Waals surface area contributed by atoms with Crippen LogP contribution in [0.25, 0.3) is 0 Å². The lowest BCUT2D eigenvalue weighted by molar-refractivity contribution is 0.0595. The Morgan fingerprint density at radius 3 is 2.87 bits per heavy atom. The highest BCUT2D eigenvalue weighted by Crippen LogP contribution is 2.17. The Kier molecular flexibility index (Phi) is 4.05. The molecular formula is C10H12FNO3. The van der Waals surface area contributed by atoms with E-state index >= 15 is 0 Å². The summed E-state index contributed by atoms with van der Waals surface area (Å²) in [6.07, 6.45) is 0. The van der Waals surface area contributed by atoms with Crippen LogP contribution in [-0.4, -0.2) is 26.2 Å². The fourth-order valence-electron chi connectivity index (χ4n) is 1.04. The molecule has 0 heterocycles. The van der Waals surface area contributed by atoms with Crippen LogP contribution < -0.4 is 10.5 Å². The van der Waals surface area contributed by atoms with Crippen molar-refractivity contribution < 1.29 is 18.7 Å². The van der Waals surface area contributed by atoms with Crippen LogP contribution in [0, 0.1) is 5.82 Å². The molecule has 0 saturated carbocycles. The lowest BCUT2D eigenvalue weighted by atomic mass is 10.2. The van der Waals surface area contributed by atoms with Gasteiger partial charge in [0.05, 0.1) is 12.7 Å². The highest BCUT2D eigenvalue weighted by atomic mass is 19.1. The predicted octanol–water partition coefficient (Wildman–Crippen LogP) is 0.950. The summed E-state index contributed by atoms with van der Waals surface area (Å²) in [6.45, 7) is 0.664. The van der Waals surface area contributed by atoms with E-state index in [2.05, 4.69) is 4.74 Å². The molecule has 0 atom stereocenters. The number of benzene rings is 1. The Balaban J connectivity index is 2.89. The molecule has 0 unspecified atom stereocenters. The molecule has 0 fully saturated rings. The number of hydrogen-bond acceptors (Lipinski definition) is 4. The van der Waals surface area contributed by atoms with E-state index in [1.165, 1.54) is 19.2 Å². The van der Waals surface area contributed by atoms with Gasteiger partial charge in [-0.1, -0.05) is 0 Å². The van der Waals surface area contributed by atoms with Crippen molar-refractivity contribution >= 4 is 5.97 Å². The second-order valence-corrected chi connectivity index (χ2v) is 2.77. The minimum absolute atomic E-state index is 0.146. The second-order valence-electron chi connectivity index (χ2n) is 2.77. The summed E-state index contributed by atoms with van der Waals surface area (Å²) < 4.78 is 22.7. The number of ether oxygens (including phenoxy) is 2. The molecule has 2 N–H and O–H groups in total. The Morgan fingerprint density at radius 2 is 2.27 bits per heavy atom. The molecule has 0 aromatic heterocycles. The smallest absolute Gasteiger partial charge is 0.340 e. The van der Waals surface area contributed by atoms with Gasteiger partial charge < -0.3 is 15.2 Å². The van der Waals surface area contributed by atoms with Crippen molar-refractivity contribution in [1.82, 2.24) is 0 Å². The number of hydrogen-bond donors (Lipinski definition) is 1. The van der Waals surface area contributed by atoms with Gasteiger partial charge in [-0.3, -0.25) is 0 Å². The standard InChI is InChI=1S/C10H12FNO3/c1-14-10(13)8-6-7(15-5-4-12)2-3-9(8)11/h2-3,6H,4-5,12H2,1H3. The Morgan fingerprint density at radius 1 is 1.53 bits per heavy atom. The maximum absolute atomic E-state index is 13.1. The third kappa shape index (κ3) is 2.92. The second kappa shape index (κ2) is 5.31. The quantitative estimate of drug-likeness (QED) is 0.756. The highest BCUT2D eigenvalue weighted by Gasteiger charge is 2.12. The summed E-state index contributed by atoms with van der Waals surface area (Å²) in [7, 11) is 1.19. The summed E-state index contributed by atoms with van der Waals surface area (Å²) in [5, 5.41) is 0. The average molecular weight is 213 g/mol. The van der Waals surface area contributed by atoms with Gasteiger partial charge in [0.25, 0.3) is 0 Å². The number of nitrogens with two attached hydrogens (primary N) is 1. The molecule has 0 spiro atoms.